The Morgan fingerprint density at radius 3 is 2.68 bits per heavy atom. The predicted molar refractivity (Wildman–Crippen MR) is 136 cm³/mol. The Morgan fingerprint density at radius 1 is 1.14 bits per heavy atom. The van der Waals surface area contributed by atoms with E-state index in [1.807, 2.05) is 13.8 Å². The molecule has 0 bridgehead atoms. The number of fused-ring (bicyclic) bond motifs is 2. The number of ether oxygens (including phenoxy) is 1. The Morgan fingerprint density at radius 2 is 1.92 bits per heavy atom. The number of hydrogen-bond donors (Lipinski definition) is 3. The normalized spacial score (nSPS) is 14.8. The molecule has 3 heterocycles. The van der Waals surface area contributed by atoms with Crippen LogP contribution in [-0.4, -0.2) is 50.1 Å². The number of amides is 2. The van der Waals surface area contributed by atoms with Gasteiger partial charge in [-0.05, 0) is 36.2 Å². The Balaban J connectivity index is 1.41. The summed E-state index contributed by atoms with van der Waals surface area (Å²) < 4.78 is 7.39. The third-order valence-electron chi connectivity index (χ3n) is 6.14. The van der Waals surface area contributed by atoms with Crippen molar-refractivity contribution in [2.24, 2.45) is 0 Å². The number of benzene rings is 2. The molecule has 0 saturated heterocycles. The lowest BCUT2D eigenvalue weighted by Crippen LogP contribution is -2.48. The van der Waals surface area contributed by atoms with Crippen molar-refractivity contribution in [1.82, 2.24) is 14.6 Å². The lowest BCUT2D eigenvalue weighted by atomic mass is 10.0. The van der Waals surface area contributed by atoms with Gasteiger partial charge in [0.2, 0.25) is 0 Å². The van der Waals surface area contributed by atoms with Crippen molar-refractivity contribution in [3.8, 4) is 5.75 Å². The minimum Gasteiger partial charge on any atom is -0.476 e. The van der Waals surface area contributed by atoms with Gasteiger partial charge in [-0.15, -0.1) is 0 Å². The van der Waals surface area contributed by atoms with Crippen molar-refractivity contribution >= 4 is 40.5 Å². The molecule has 0 fully saturated rings. The fourth-order valence-corrected chi connectivity index (χ4v) is 4.35. The van der Waals surface area contributed by atoms with Gasteiger partial charge in [0.1, 0.15) is 17.6 Å². The van der Waals surface area contributed by atoms with Gasteiger partial charge in [0, 0.05) is 16.9 Å². The van der Waals surface area contributed by atoms with Crippen molar-refractivity contribution in [3.63, 3.8) is 0 Å². The van der Waals surface area contributed by atoms with Crippen LogP contribution in [-0.2, 0) is 4.79 Å². The first-order valence-electron chi connectivity index (χ1n) is 11.6. The number of carboxylic acid groups (broad SMARTS) is 1. The maximum Gasteiger partial charge on any atom is 0.412 e. The Kier molecular flexibility index (Phi) is 5.96. The van der Waals surface area contributed by atoms with E-state index < -0.39 is 18.1 Å². The third-order valence-corrected chi connectivity index (χ3v) is 6.14. The summed E-state index contributed by atoms with van der Waals surface area (Å²) in [6, 6.07) is 14.8. The van der Waals surface area contributed by atoms with Gasteiger partial charge in [-0.1, -0.05) is 38.1 Å². The van der Waals surface area contributed by atoms with Crippen LogP contribution in [0, 0.1) is 0 Å². The average Bonchev–Trinajstić information content (AvgIpc) is 3.29. The zero-order chi connectivity index (χ0) is 26.3. The lowest BCUT2D eigenvalue weighted by Gasteiger charge is -2.32. The van der Waals surface area contributed by atoms with E-state index in [-0.39, 0.29) is 24.1 Å². The molecule has 188 valence electrons. The number of para-hydroxylation sites is 2. The highest BCUT2D eigenvalue weighted by Crippen LogP contribution is 2.33. The molecule has 1 aliphatic heterocycles. The molecule has 0 radical (unpaired) electrons. The Hall–Kier alpha value is -4.93. The van der Waals surface area contributed by atoms with Gasteiger partial charge in [0.05, 0.1) is 17.8 Å². The van der Waals surface area contributed by atoms with Crippen molar-refractivity contribution in [2.75, 3.05) is 22.5 Å². The summed E-state index contributed by atoms with van der Waals surface area (Å²) in [6.45, 7) is 3.80. The number of nitrogens with two attached hydrogens (primary N) is 1. The molecule has 2 aromatic carbocycles. The number of hydrogen-bond acceptors (Lipinski definition) is 7. The van der Waals surface area contributed by atoms with E-state index in [1.54, 1.807) is 59.1 Å². The second-order valence-electron chi connectivity index (χ2n) is 8.91. The molecule has 0 saturated carbocycles. The second kappa shape index (κ2) is 9.26. The number of carbonyl (C=O) groups excluding carboxylic acids is 2. The molecule has 11 nitrogen and oxygen atoms in total. The van der Waals surface area contributed by atoms with E-state index in [4.69, 9.17) is 10.5 Å². The van der Waals surface area contributed by atoms with Crippen LogP contribution >= 0.6 is 0 Å². The number of nitrogen functional groups attached to an aromatic ring is 1. The summed E-state index contributed by atoms with van der Waals surface area (Å²) in [6.07, 6.45) is -0.924. The molecule has 4 N–H and O–H groups in total. The first-order valence-corrected chi connectivity index (χ1v) is 11.6. The van der Waals surface area contributed by atoms with Gasteiger partial charge >= 0.3 is 6.09 Å². The fraction of sp³-hybridized carbons (Fsp3) is 0.192. The van der Waals surface area contributed by atoms with Gasteiger partial charge in [-0.25, -0.2) is 14.3 Å². The van der Waals surface area contributed by atoms with Gasteiger partial charge < -0.3 is 20.9 Å². The third kappa shape index (κ3) is 4.31. The number of nitrogens with one attached hydrogen (secondary N) is 1. The van der Waals surface area contributed by atoms with E-state index in [9.17, 15) is 19.5 Å². The zero-order valence-corrected chi connectivity index (χ0v) is 20.1. The second-order valence-corrected chi connectivity index (χ2v) is 8.91. The minimum absolute atomic E-state index is 0.0833. The first-order chi connectivity index (χ1) is 17.7. The van der Waals surface area contributed by atoms with E-state index >= 15 is 0 Å². The topological polar surface area (TPSA) is 152 Å². The summed E-state index contributed by atoms with van der Waals surface area (Å²) in [7, 11) is 0. The van der Waals surface area contributed by atoms with Crippen molar-refractivity contribution < 1.29 is 24.2 Å². The van der Waals surface area contributed by atoms with Crippen LogP contribution in [0.25, 0.3) is 5.52 Å². The van der Waals surface area contributed by atoms with E-state index in [0.29, 0.717) is 33.8 Å². The van der Waals surface area contributed by atoms with E-state index in [1.165, 1.54) is 6.33 Å². The fourth-order valence-electron chi connectivity index (χ4n) is 4.35. The van der Waals surface area contributed by atoms with Crippen LogP contribution in [0.4, 0.5) is 22.0 Å². The Labute approximate surface area is 211 Å². The smallest absolute Gasteiger partial charge is 0.412 e. The molecular weight excluding hydrogens is 476 g/mol. The number of carbonyl (C=O) groups is 3. The maximum atomic E-state index is 13.5. The summed E-state index contributed by atoms with van der Waals surface area (Å²) in [5.41, 5.74) is 8.74. The van der Waals surface area contributed by atoms with Gasteiger partial charge in [0.25, 0.3) is 5.91 Å². The molecule has 5 rings (SSSR count). The molecule has 0 spiro atoms. The molecule has 0 aliphatic carbocycles. The van der Waals surface area contributed by atoms with Crippen molar-refractivity contribution in [3.05, 3.63) is 77.7 Å². The molecule has 2 aromatic heterocycles. The van der Waals surface area contributed by atoms with Gasteiger partial charge in [-0.3, -0.25) is 14.5 Å². The zero-order valence-electron chi connectivity index (χ0n) is 20.1. The van der Waals surface area contributed by atoms with Crippen LogP contribution in [0.3, 0.4) is 0 Å². The highest BCUT2D eigenvalue weighted by atomic mass is 16.5. The molecule has 37 heavy (non-hydrogen) atoms. The maximum absolute atomic E-state index is 13.5. The average molecular weight is 501 g/mol. The van der Waals surface area contributed by atoms with Crippen LogP contribution in [0.1, 0.15) is 41.4 Å². The van der Waals surface area contributed by atoms with Crippen LogP contribution in [0.15, 0.2) is 60.9 Å². The molecule has 1 unspecified atom stereocenters. The van der Waals surface area contributed by atoms with E-state index in [2.05, 4.69) is 15.4 Å². The van der Waals surface area contributed by atoms with Gasteiger partial charge in [-0.2, -0.15) is 5.10 Å². The summed E-state index contributed by atoms with van der Waals surface area (Å²) >= 11 is 0. The number of ketones is 1. The molecule has 11 heteroatoms. The monoisotopic (exact) mass is 500 g/mol. The van der Waals surface area contributed by atoms with Crippen LogP contribution < -0.4 is 20.7 Å². The van der Waals surface area contributed by atoms with Crippen molar-refractivity contribution in [2.45, 2.75) is 25.9 Å². The quantitative estimate of drug-likeness (QED) is 0.352. The number of aromatic nitrogens is 3. The molecule has 1 aliphatic rings. The SMILES string of the molecule is CC(C)c1cc(C(=O)c2cccc(NC(=O)C3CN(C(=O)O)c4ccccc4O3)c2)c2c(N)ncnn12. The molecular formula is C26H24N6O5. The highest BCUT2D eigenvalue weighted by molar-refractivity contribution is 6.15. The number of anilines is 3. The minimum atomic E-state index is -1.19. The largest absolute Gasteiger partial charge is 0.476 e. The van der Waals surface area contributed by atoms with Crippen molar-refractivity contribution in [1.29, 1.82) is 0 Å². The lowest BCUT2D eigenvalue weighted by molar-refractivity contribution is -0.122. The highest BCUT2D eigenvalue weighted by Gasteiger charge is 2.34. The summed E-state index contributed by atoms with van der Waals surface area (Å²) in [5, 5.41) is 16.6. The molecule has 4 aromatic rings. The number of nitrogens with zero attached hydrogens (tertiary/aromatic N) is 4. The van der Waals surface area contributed by atoms with Crippen LogP contribution in [0.2, 0.25) is 0 Å². The summed E-state index contributed by atoms with van der Waals surface area (Å²) in [4.78, 5) is 43.4. The standard InChI is InChI=1S/C26H24N6O5/c1-14(2)19-11-17(22-24(27)28-13-29-32(19)22)23(33)15-6-5-7-16(10-15)30-25(34)21-12-31(26(35)36)18-8-3-4-9-20(18)37-21/h3-11,13-14,21H,12H2,1-2H3,(H,30,34)(H,35,36)(H2,27,28,29). The van der Waals surface area contributed by atoms with Crippen LogP contribution in [0.5, 0.6) is 5.75 Å². The van der Waals surface area contributed by atoms with Gasteiger partial charge in [0.15, 0.2) is 17.7 Å². The predicted octanol–water partition coefficient (Wildman–Crippen LogP) is 3.55. The number of rotatable bonds is 5. The van der Waals surface area contributed by atoms with E-state index in [0.717, 1.165) is 10.6 Å². The first kappa shape index (κ1) is 23.8. The molecule has 2 amide bonds. The summed E-state index contributed by atoms with van der Waals surface area (Å²) in [5.74, 6) is -0.282. The Bertz CT molecular complexity index is 1550. The molecule has 1 atom stereocenters.